The van der Waals surface area contributed by atoms with Crippen LogP contribution in [0.2, 0.25) is 0 Å². The van der Waals surface area contributed by atoms with Crippen LogP contribution in [0.4, 0.5) is 0 Å². The monoisotopic (exact) mass is 277 g/mol. The summed E-state index contributed by atoms with van der Waals surface area (Å²) in [4.78, 5) is 5.78. The highest BCUT2D eigenvalue weighted by Crippen LogP contribution is 2.34. The van der Waals surface area contributed by atoms with Crippen molar-refractivity contribution in [3.63, 3.8) is 0 Å². The Morgan fingerprint density at radius 1 is 1.21 bits per heavy atom. The van der Waals surface area contributed by atoms with Crippen molar-refractivity contribution in [2.45, 2.75) is 27.2 Å². The molecule has 0 atom stereocenters. The fraction of sp³-hybridized carbons (Fsp3) is 0.400. The van der Waals surface area contributed by atoms with Crippen molar-refractivity contribution in [1.29, 1.82) is 0 Å². The molecule has 1 N–H and O–H groups in total. The minimum Gasteiger partial charge on any atom is -0.496 e. The molecule has 0 aliphatic heterocycles. The first-order chi connectivity index (χ1) is 9.06. The predicted molar refractivity (Wildman–Crippen MR) is 79.1 cm³/mol. The highest BCUT2D eigenvalue weighted by molar-refractivity contribution is 7.15. The van der Waals surface area contributed by atoms with Gasteiger partial charge in [-0.15, -0.1) is 11.3 Å². The number of benzene rings is 1. The molecule has 1 aromatic heterocycles. The van der Waals surface area contributed by atoms with Gasteiger partial charge in [0.15, 0.2) is 0 Å². The Kier molecular flexibility index (Phi) is 4.22. The van der Waals surface area contributed by atoms with Gasteiger partial charge in [-0.1, -0.05) is 0 Å². The zero-order chi connectivity index (χ0) is 14.0. The van der Waals surface area contributed by atoms with E-state index in [9.17, 15) is 0 Å². The van der Waals surface area contributed by atoms with Crippen molar-refractivity contribution >= 4 is 11.3 Å². The van der Waals surface area contributed by atoms with Gasteiger partial charge in [-0.05, 0) is 44.0 Å². The molecular formula is C15H19NO2S. The molecule has 0 spiro atoms. The second-order valence-electron chi connectivity index (χ2n) is 4.64. The van der Waals surface area contributed by atoms with Gasteiger partial charge in [-0.25, -0.2) is 4.98 Å². The highest BCUT2D eigenvalue weighted by atomic mass is 32.1. The number of aromatic nitrogens is 1. The van der Waals surface area contributed by atoms with E-state index >= 15 is 0 Å². The lowest BCUT2D eigenvalue weighted by Crippen LogP contribution is -1.91. The fourth-order valence-electron chi connectivity index (χ4n) is 2.12. The zero-order valence-corrected chi connectivity index (χ0v) is 12.6. The maximum absolute atomic E-state index is 9.05. The van der Waals surface area contributed by atoms with Crippen molar-refractivity contribution in [3.05, 3.63) is 33.8 Å². The summed E-state index contributed by atoms with van der Waals surface area (Å²) < 4.78 is 5.33. The van der Waals surface area contributed by atoms with Gasteiger partial charge in [0.1, 0.15) is 10.8 Å². The second kappa shape index (κ2) is 5.72. The standard InChI is InChI=1S/C15H19NO2S/c1-9-8-13(18-4)10(2)7-12(9)15-16-11(3)14(19-15)5-6-17/h7-8,17H,5-6H2,1-4H3. The Morgan fingerprint density at radius 2 is 1.95 bits per heavy atom. The average molecular weight is 277 g/mol. The number of aryl methyl sites for hydroxylation is 3. The second-order valence-corrected chi connectivity index (χ2v) is 5.72. The molecule has 0 aliphatic rings. The van der Waals surface area contributed by atoms with Gasteiger partial charge in [0, 0.05) is 23.5 Å². The Morgan fingerprint density at radius 3 is 2.58 bits per heavy atom. The summed E-state index contributed by atoms with van der Waals surface area (Å²) in [5, 5.41) is 10.1. The number of methoxy groups -OCH3 is 1. The number of aliphatic hydroxyl groups excluding tert-OH is 1. The van der Waals surface area contributed by atoms with Crippen molar-refractivity contribution in [1.82, 2.24) is 4.98 Å². The number of hydrogen-bond acceptors (Lipinski definition) is 4. The summed E-state index contributed by atoms with van der Waals surface area (Å²) in [5.74, 6) is 0.908. The number of nitrogens with zero attached hydrogens (tertiary/aromatic N) is 1. The van der Waals surface area contributed by atoms with E-state index in [1.807, 2.05) is 19.9 Å². The Bertz CT molecular complexity index is 590. The lowest BCUT2D eigenvalue weighted by molar-refractivity contribution is 0.300. The molecule has 0 fully saturated rings. The highest BCUT2D eigenvalue weighted by Gasteiger charge is 2.13. The summed E-state index contributed by atoms with van der Waals surface area (Å²) in [6, 6.07) is 4.17. The Labute approximate surface area is 117 Å². The van der Waals surface area contributed by atoms with Crippen LogP contribution < -0.4 is 4.74 Å². The molecule has 102 valence electrons. The third kappa shape index (κ3) is 2.80. The van der Waals surface area contributed by atoms with E-state index in [2.05, 4.69) is 18.0 Å². The smallest absolute Gasteiger partial charge is 0.124 e. The molecule has 2 rings (SSSR count). The van der Waals surface area contributed by atoms with Gasteiger partial charge in [-0.3, -0.25) is 0 Å². The van der Waals surface area contributed by atoms with Crippen LogP contribution in [0.25, 0.3) is 10.6 Å². The van der Waals surface area contributed by atoms with Crippen LogP contribution in [0.1, 0.15) is 21.7 Å². The zero-order valence-electron chi connectivity index (χ0n) is 11.8. The maximum Gasteiger partial charge on any atom is 0.124 e. The van der Waals surface area contributed by atoms with Crippen LogP contribution in [0.3, 0.4) is 0 Å². The average Bonchev–Trinajstić information content (AvgIpc) is 2.73. The molecule has 3 nitrogen and oxygen atoms in total. The Balaban J connectivity index is 2.47. The first-order valence-corrected chi connectivity index (χ1v) is 7.11. The minimum atomic E-state index is 0.170. The largest absolute Gasteiger partial charge is 0.496 e. The van der Waals surface area contributed by atoms with Gasteiger partial charge in [0.05, 0.1) is 12.8 Å². The molecule has 1 aromatic carbocycles. The van der Waals surface area contributed by atoms with Crippen LogP contribution in [0.5, 0.6) is 5.75 Å². The van der Waals surface area contributed by atoms with Gasteiger partial charge in [-0.2, -0.15) is 0 Å². The van der Waals surface area contributed by atoms with E-state index in [-0.39, 0.29) is 6.61 Å². The minimum absolute atomic E-state index is 0.170. The van der Waals surface area contributed by atoms with E-state index in [0.29, 0.717) is 6.42 Å². The molecule has 0 aliphatic carbocycles. The third-order valence-corrected chi connectivity index (χ3v) is 4.45. The van der Waals surface area contributed by atoms with E-state index in [4.69, 9.17) is 9.84 Å². The van der Waals surface area contributed by atoms with Gasteiger partial charge in [0.25, 0.3) is 0 Å². The predicted octanol–water partition coefficient (Wildman–Crippen LogP) is 3.28. The van der Waals surface area contributed by atoms with Crippen LogP contribution >= 0.6 is 11.3 Å². The number of rotatable bonds is 4. The summed E-state index contributed by atoms with van der Waals surface area (Å²) in [5.41, 5.74) is 4.43. The molecule has 19 heavy (non-hydrogen) atoms. The summed E-state index contributed by atoms with van der Waals surface area (Å²) in [6.45, 7) is 6.27. The quantitative estimate of drug-likeness (QED) is 0.932. The molecule has 1 heterocycles. The molecule has 0 saturated heterocycles. The molecule has 4 heteroatoms. The van der Waals surface area contributed by atoms with Crippen LogP contribution in [0, 0.1) is 20.8 Å². The summed E-state index contributed by atoms with van der Waals surface area (Å²) in [7, 11) is 1.69. The molecule has 0 amide bonds. The number of thiazole rings is 1. The van der Waals surface area contributed by atoms with Gasteiger partial charge >= 0.3 is 0 Å². The lowest BCUT2D eigenvalue weighted by atomic mass is 10.1. The fourth-order valence-corrected chi connectivity index (χ4v) is 3.25. The number of ether oxygens (including phenoxy) is 1. The van der Waals surface area contributed by atoms with Crippen LogP contribution in [0.15, 0.2) is 12.1 Å². The number of hydrogen-bond donors (Lipinski definition) is 1. The van der Waals surface area contributed by atoms with E-state index in [0.717, 1.165) is 38.0 Å². The van der Waals surface area contributed by atoms with Crippen molar-refractivity contribution < 1.29 is 9.84 Å². The van der Waals surface area contributed by atoms with Crippen molar-refractivity contribution in [2.75, 3.05) is 13.7 Å². The maximum atomic E-state index is 9.05. The van der Waals surface area contributed by atoms with E-state index in [1.54, 1.807) is 18.4 Å². The first kappa shape index (κ1) is 14.0. The van der Waals surface area contributed by atoms with Crippen LogP contribution in [-0.4, -0.2) is 23.8 Å². The lowest BCUT2D eigenvalue weighted by Gasteiger charge is -2.09. The topological polar surface area (TPSA) is 42.4 Å². The van der Waals surface area contributed by atoms with Crippen LogP contribution in [-0.2, 0) is 6.42 Å². The molecule has 0 bridgehead atoms. The van der Waals surface area contributed by atoms with Gasteiger partial charge in [0.2, 0.25) is 0 Å². The molecule has 2 aromatic rings. The summed E-state index contributed by atoms with van der Waals surface area (Å²) >= 11 is 1.66. The molecule has 0 unspecified atom stereocenters. The third-order valence-electron chi connectivity index (χ3n) is 3.20. The van der Waals surface area contributed by atoms with E-state index in [1.165, 1.54) is 0 Å². The molecule has 0 radical (unpaired) electrons. The van der Waals surface area contributed by atoms with E-state index < -0.39 is 0 Å². The Hall–Kier alpha value is -1.39. The number of aliphatic hydroxyl groups is 1. The van der Waals surface area contributed by atoms with Crippen molar-refractivity contribution in [3.8, 4) is 16.3 Å². The van der Waals surface area contributed by atoms with Gasteiger partial charge < -0.3 is 9.84 Å². The summed E-state index contributed by atoms with van der Waals surface area (Å²) in [6.07, 6.45) is 0.678. The SMILES string of the molecule is COc1cc(C)c(-c2nc(C)c(CCO)s2)cc1C. The normalized spacial score (nSPS) is 10.8. The molecular weight excluding hydrogens is 258 g/mol. The molecule has 0 saturated carbocycles. The van der Waals surface area contributed by atoms with Crippen molar-refractivity contribution in [2.24, 2.45) is 0 Å². The first-order valence-electron chi connectivity index (χ1n) is 6.29.